The third-order valence-electron chi connectivity index (χ3n) is 3.00. The van der Waals surface area contributed by atoms with Gasteiger partial charge in [0.15, 0.2) is 0 Å². The molecule has 0 radical (unpaired) electrons. The molecule has 0 saturated carbocycles. The van der Waals surface area contributed by atoms with E-state index in [4.69, 9.17) is 9.47 Å². The van der Waals surface area contributed by atoms with E-state index < -0.39 is 38.8 Å². The Bertz CT molecular complexity index is 967. The monoisotopic (exact) mass is 398 g/mol. The van der Waals surface area contributed by atoms with Gasteiger partial charge < -0.3 is 9.47 Å². The molecule has 0 atom stereocenters. The largest absolute Gasteiger partial charge is 0.481 e. The summed E-state index contributed by atoms with van der Waals surface area (Å²) in [5, 5.41) is 1.97. The lowest BCUT2D eigenvalue weighted by molar-refractivity contribution is 0.0521. The number of nitrogens with zero attached hydrogens (tertiary/aromatic N) is 2. The van der Waals surface area contributed by atoms with E-state index in [1.807, 2.05) is 5.32 Å². The Hall–Kier alpha value is -3.28. The molecule has 0 fully saturated rings. The van der Waals surface area contributed by atoms with E-state index in [9.17, 15) is 22.4 Å². The summed E-state index contributed by atoms with van der Waals surface area (Å²) < 4.78 is 49.4. The van der Waals surface area contributed by atoms with Crippen LogP contribution in [0.15, 0.2) is 35.2 Å². The van der Waals surface area contributed by atoms with E-state index in [1.54, 1.807) is 11.6 Å². The molecule has 1 heterocycles. The molecule has 0 aliphatic heterocycles. The van der Waals surface area contributed by atoms with E-state index in [-0.39, 0.29) is 18.1 Å². The number of nitrogens with one attached hydrogen (secondary N) is 2. The first-order valence-electron chi connectivity index (χ1n) is 7.45. The minimum Gasteiger partial charge on any atom is -0.481 e. The molecule has 2 rings (SSSR count). The number of hydrogen-bond donors (Lipinski definition) is 2. The standard InChI is InChI=1S/C15H15FN4O6S/c1-3-26-13(21)9-6-4-5-7-10(9)27(23,24)20-15(22)19-14-17-11(16)8-12(18-14)25-2/h4-8H,3H2,1-2H3,(H2,17,18,19,20,22). The summed E-state index contributed by atoms with van der Waals surface area (Å²) in [6.07, 6.45) is 0. The number of rotatable bonds is 6. The Balaban J connectivity index is 2.23. The molecule has 0 saturated heterocycles. The third kappa shape index (κ3) is 5.10. The molecule has 1 aromatic heterocycles. The average molecular weight is 398 g/mol. The smallest absolute Gasteiger partial charge is 0.339 e. The van der Waals surface area contributed by atoms with Gasteiger partial charge in [-0.2, -0.15) is 14.4 Å². The fourth-order valence-electron chi connectivity index (χ4n) is 1.94. The van der Waals surface area contributed by atoms with Gasteiger partial charge in [0.1, 0.15) is 4.90 Å². The molecule has 12 heteroatoms. The van der Waals surface area contributed by atoms with Gasteiger partial charge in [0.05, 0.1) is 25.3 Å². The lowest BCUT2D eigenvalue weighted by atomic mass is 10.2. The number of ether oxygens (including phenoxy) is 2. The van der Waals surface area contributed by atoms with E-state index in [1.165, 1.54) is 25.3 Å². The maximum absolute atomic E-state index is 13.3. The van der Waals surface area contributed by atoms with Crippen molar-refractivity contribution in [2.45, 2.75) is 11.8 Å². The number of methoxy groups -OCH3 is 1. The highest BCUT2D eigenvalue weighted by molar-refractivity contribution is 7.90. The summed E-state index contributed by atoms with van der Waals surface area (Å²) in [5.41, 5.74) is -0.247. The molecule has 0 spiro atoms. The van der Waals surface area contributed by atoms with Crippen LogP contribution in [-0.2, 0) is 14.8 Å². The van der Waals surface area contributed by atoms with Gasteiger partial charge in [0.25, 0.3) is 10.0 Å². The highest BCUT2D eigenvalue weighted by atomic mass is 32.2. The second kappa shape index (κ2) is 8.40. The Morgan fingerprint density at radius 2 is 1.93 bits per heavy atom. The van der Waals surface area contributed by atoms with Gasteiger partial charge in [-0.05, 0) is 19.1 Å². The second-order valence-corrected chi connectivity index (χ2v) is 6.48. The number of sulfonamides is 1. The number of carbonyl (C=O) groups excluding carboxylic acids is 2. The summed E-state index contributed by atoms with van der Waals surface area (Å²) >= 11 is 0. The third-order valence-corrected chi connectivity index (χ3v) is 4.39. The molecule has 0 aliphatic rings. The molecule has 0 aliphatic carbocycles. The van der Waals surface area contributed by atoms with Crippen LogP contribution in [0.4, 0.5) is 15.1 Å². The summed E-state index contributed by atoms with van der Waals surface area (Å²) in [7, 11) is -3.22. The van der Waals surface area contributed by atoms with Gasteiger partial charge in [0.2, 0.25) is 17.8 Å². The number of anilines is 1. The highest BCUT2D eigenvalue weighted by Crippen LogP contribution is 2.17. The van der Waals surface area contributed by atoms with E-state index in [2.05, 4.69) is 9.97 Å². The normalized spacial score (nSPS) is 10.8. The molecule has 144 valence electrons. The van der Waals surface area contributed by atoms with Gasteiger partial charge >= 0.3 is 12.0 Å². The van der Waals surface area contributed by atoms with Gasteiger partial charge in [0, 0.05) is 0 Å². The fourth-order valence-corrected chi connectivity index (χ4v) is 3.04. The Morgan fingerprint density at radius 1 is 1.22 bits per heavy atom. The SMILES string of the molecule is CCOC(=O)c1ccccc1S(=O)(=O)NC(=O)Nc1nc(F)cc(OC)n1. The first kappa shape index (κ1) is 20.0. The van der Waals surface area contributed by atoms with E-state index in [0.717, 1.165) is 12.1 Å². The fraction of sp³-hybridized carbons (Fsp3) is 0.200. The van der Waals surface area contributed by atoms with Crippen molar-refractivity contribution in [3.8, 4) is 5.88 Å². The van der Waals surface area contributed by atoms with Crippen molar-refractivity contribution in [2.75, 3.05) is 19.0 Å². The molecule has 0 unspecified atom stereocenters. The second-order valence-electron chi connectivity index (χ2n) is 4.83. The van der Waals surface area contributed by atoms with Gasteiger partial charge in [-0.1, -0.05) is 12.1 Å². The average Bonchev–Trinajstić information content (AvgIpc) is 2.60. The van der Waals surface area contributed by atoms with Crippen molar-refractivity contribution < 1.29 is 31.9 Å². The molecule has 10 nitrogen and oxygen atoms in total. The minimum atomic E-state index is -4.44. The van der Waals surface area contributed by atoms with Crippen LogP contribution in [0, 0.1) is 5.95 Å². The first-order chi connectivity index (χ1) is 12.8. The Kier molecular flexibility index (Phi) is 6.23. The predicted molar refractivity (Wildman–Crippen MR) is 90.3 cm³/mol. The topological polar surface area (TPSA) is 137 Å². The van der Waals surface area contributed by atoms with Crippen LogP contribution in [0.25, 0.3) is 0 Å². The predicted octanol–water partition coefficient (Wildman–Crippen LogP) is 1.31. The van der Waals surface area contributed by atoms with E-state index >= 15 is 0 Å². The van der Waals surface area contributed by atoms with E-state index in [0.29, 0.717) is 0 Å². The molecule has 2 amide bonds. The summed E-state index contributed by atoms with van der Waals surface area (Å²) in [6, 6.07) is 4.79. The van der Waals surface area contributed by atoms with Gasteiger partial charge in [-0.25, -0.2) is 22.7 Å². The quantitative estimate of drug-likeness (QED) is 0.549. The minimum absolute atomic E-state index is 0.0415. The molecule has 0 bridgehead atoms. The zero-order valence-electron chi connectivity index (χ0n) is 14.2. The summed E-state index contributed by atoms with van der Waals surface area (Å²) in [6.45, 7) is 1.61. The summed E-state index contributed by atoms with van der Waals surface area (Å²) in [5.74, 6) is -2.55. The molecule has 27 heavy (non-hydrogen) atoms. The molecule has 1 aromatic carbocycles. The van der Waals surface area contributed by atoms with Crippen LogP contribution in [0.1, 0.15) is 17.3 Å². The first-order valence-corrected chi connectivity index (χ1v) is 8.93. The maximum atomic E-state index is 13.3. The number of benzene rings is 1. The lowest BCUT2D eigenvalue weighted by Gasteiger charge is -2.11. The van der Waals surface area contributed by atoms with Gasteiger partial charge in [-0.3, -0.25) is 5.32 Å². The number of carbonyl (C=O) groups is 2. The van der Waals surface area contributed by atoms with Gasteiger partial charge in [-0.15, -0.1) is 0 Å². The number of halogens is 1. The van der Waals surface area contributed by atoms with Crippen LogP contribution in [0.5, 0.6) is 5.88 Å². The number of aromatic nitrogens is 2. The maximum Gasteiger partial charge on any atom is 0.339 e. The zero-order chi connectivity index (χ0) is 20.0. The van der Waals surface area contributed by atoms with Crippen molar-refractivity contribution in [2.24, 2.45) is 0 Å². The number of hydrogen-bond acceptors (Lipinski definition) is 8. The Labute approximate surface area is 153 Å². The number of amides is 2. The van der Waals surface area contributed by atoms with Crippen LogP contribution >= 0.6 is 0 Å². The number of esters is 1. The van der Waals surface area contributed by atoms with Crippen LogP contribution < -0.4 is 14.8 Å². The summed E-state index contributed by atoms with van der Waals surface area (Å²) in [4.78, 5) is 30.3. The molecular weight excluding hydrogens is 383 g/mol. The molecular formula is C15H15FN4O6S. The highest BCUT2D eigenvalue weighted by Gasteiger charge is 2.25. The van der Waals surface area contributed by atoms with Crippen molar-refractivity contribution >= 4 is 28.0 Å². The van der Waals surface area contributed by atoms with Crippen LogP contribution in [0.2, 0.25) is 0 Å². The molecule has 2 N–H and O–H groups in total. The van der Waals surface area contributed by atoms with Crippen molar-refractivity contribution in [3.05, 3.63) is 41.8 Å². The molecule has 2 aromatic rings. The van der Waals surface area contributed by atoms with Crippen LogP contribution in [0.3, 0.4) is 0 Å². The van der Waals surface area contributed by atoms with Crippen molar-refractivity contribution in [3.63, 3.8) is 0 Å². The Morgan fingerprint density at radius 3 is 2.59 bits per heavy atom. The van der Waals surface area contributed by atoms with Crippen molar-refractivity contribution in [1.29, 1.82) is 0 Å². The lowest BCUT2D eigenvalue weighted by Crippen LogP contribution is -2.35. The van der Waals surface area contributed by atoms with Crippen LogP contribution in [-0.4, -0.2) is 44.1 Å². The zero-order valence-corrected chi connectivity index (χ0v) is 15.0. The van der Waals surface area contributed by atoms with Crippen molar-refractivity contribution in [1.82, 2.24) is 14.7 Å². The number of urea groups is 1.